The van der Waals surface area contributed by atoms with E-state index in [2.05, 4.69) is 44.3 Å². The smallest absolute Gasteiger partial charge is 0.0795 e. The van der Waals surface area contributed by atoms with Gasteiger partial charge in [-0.25, -0.2) is 4.98 Å². The molecule has 0 aliphatic heterocycles. The van der Waals surface area contributed by atoms with Crippen LogP contribution in [-0.4, -0.2) is 16.9 Å². The first kappa shape index (κ1) is 12.5. The molecular formula is C12H14BrN3S. The molecule has 0 saturated carbocycles. The summed E-state index contributed by atoms with van der Waals surface area (Å²) in [5.41, 5.74) is 10.8. The van der Waals surface area contributed by atoms with E-state index in [0.717, 1.165) is 28.9 Å². The largest absolute Gasteiger partial charge is 0.398 e. The van der Waals surface area contributed by atoms with Crippen LogP contribution in [0.4, 0.5) is 5.69 Å². The number of nitrogen functional groups attached to an aromatic ring is 1. The molecule has 1 heterocycles. The number of thiazole rings is 1. The molecule has 0 atom stereocenters. The maximum absolute atomic E-state index is 5.86. The SMILES string of the molecule is CN(Cc1ccc(Br)c(N)c1)Cc1cscn1. The lowest BCUT2D eigenvalue weighted by Gasteiger charge is -2.15. The maximum Gasteiger partial charge on any atom is 0.0795 e. The van der Waals surface area contributed by atoms with Gasteiger partial charge < -0.3 is 5.73 Å². The average molecular weight is 312 g/mol. The molecule has 90 valence electrons. The van der Waals surface area contributed by atoms with Gasteiger partial charge in [-0.2, -0.15) is 0 Å². The Morgan fingerprint density at radius 1 is 1.41 bits per heavy atom. The van der Waals surface area contributed by atoms with Crippen LogP contribution in [0.2, 0.25) is 0 Å². The third-order valence-corrected chi connectivity index (χ3v) is 3.79. The van der Waals surface area contributed by atoms with Crippen molar-refractivity contribution in [1.29, 1.82) is 0 Å². The van der Waals surface area contributed by atoms with Gasteiger partial charge in [0.25, 0.3) is 0 Å². The number of hydrogen-bond donors (Lipinski definition) is 1. The quantitative estimate of drug-likeness (QED) is 0.882. The van der Waals surface area contributed by atoms with E-state index in [1.54, 1.807) is 11.3 Å². The summed E-state index contributed by atoms with van der Waals surface area (Å²) in [6, 6.07) is 6.07. The van der Waals surface area contributed by atoms with Gasteiger partial charge in [-0.3, -0.25) is 4.90 Å². The van der Waals surface area contributed by atoms with Gasteiger partial charge in [-0.05, 0) is 40.7 Å². The Labute approximate surface area is 113 Å². The van der Waals surface area contributed by atoms with Gasteiger partial charge in [0.2, 0.25) is 0 Å². The van der Waals surface area contributed by atoms with E-state index in [1.807, 2.05) is 17.6 Å². The molecule has 0 amide bonds. The molecule has 1 aromatic carbocycles. The molecule has 0 spiro atoms. The molecule has 1 aromatic heterocycles. The van der Waals surface area contributed by atoms with Crippen molar-refractivity contribution in [3.05, 3.63) is 44.8 Å². The van der Waals surface area contributed by atoms with Crippen LogP contribution >= 0.6 is 27.3 Å². The number of hydrogen-bond acceptors (Lipinski definition) is 4. The van der Waals surface area contributed by atoms with Crippen molar-refractivity contribution >= 4 is 33.0 Å². The topological polar surface area (TPSA) is 42.1 Å². The third kappa shape index (κ3) is 3.52. The Balaban J connectivity index is 1.98. The predicted molar refractivity (Wildman–Crippen MR) is 75.8 cm³/mol. The molecule has 2 N–H and O–H groups in total. The lowest BCUT2D eigenvalue weighted by atomic mass is 10.2. The Morgan fingerprint density at radius 2 is 2.24 bits per heavy atom. The average Bonchev–Trinajstić information content (AvgIpc) is 2.76. The molecule has 17 heavy (non-hydrogen) atoms. The van der Waals surface area contributed by atoms with E-state index in [9.17, 15) is 0 Å². The predicted octanol–water partition coefficient (Wildman–Crippen LogP) is 3.12. The van der Waals surface area contributed by atoms with Gasteiger partial charge >= 0.3 is 0 Å². The van der Waals surface area contributed by atoms with E-state index < -0.39 is 0 Å². The summed E-state index contributed by atoms with van der Waals surface area (Å²) in [5.74, 6) is 0. The summed E-state index contributed by atoms with van der Waals surface area (Å²) in [4.78, 5) is 6.49. The number of aromatic nitrogens is 1. The normalized spacial score (nSPS) is 11.0. The van der Waals surface area contributed by atoms with E-state index in [0.29, 0.717) is 0 Å². The second kappa shape index (κ2) is 5.62. The van der Waals surface area contributed by atoms with Crippen LogP contribution in [0.1, 0.15) is 11.3 Å². The lowest BCUT2D eigenvalue weighted by Crippen LogP contribution is -2.17. The minimum Gasteiger partial charge on any atom is -0.398 e. The summed E-state index contributed by atoms with van der Waals surface area (Å²) in [5, 5.41) is 2.08. The number of anilines is 1. The highest BCUT2D eigenvalue weighted by molar-refractivity contribution is 9.10. The molecule has 3 nitrogen and oxygen atoms in total. The fraction of sp³-hybridized carbons (Fsp3) is 0.250. The number of nitrogens with two attached hydrogens (primary N) is 1. The first-order valence-electron chi connectivity index (χ1n) is 5.24. The first-order valence-corrected chi connectivity index (χ1v) is 6.98. The summed E-state index contributed by atoms with van der Waals surface area (Å²) in [6.45, 7) is 1.73. The van der Waals surface area contributed by atoms with E-state index in [1.165, 1.54) is 5.56 Å². The highest BCUT2D eigenvalue weighted by atomic mass is 79.9. The van der Waals surface area contributed by atoms with Crippen molar-refractivity contribution in [3.8, 4) is 0 Å². The van der Waals surface area contributed by atoms with Crippen molar-refractivity contribution in [2.75, 3.05) is 12.8 Å². The van der Waals surface area contributed by atoms with Crippen LogP contribution in [0, 0.1) is 0 Å². The second-order valence-electron chi connectivity index (χ2n) is 4.01. The van der Waals surface area contributed by atoms with Crippen molar-refractivity contribution < 1.29 is 0 Å². The Hall–Kier alpha value is -0.910. The third-order valence-electron chi connectivity index (χ3n) is 2.43. The van der Waals surface area contributed by atoms with Gasteiger partial charge in [-0.15, -0.1) is 11.3 Å². The summed E-state index contributed by atoms with van der Waals surface area (Å²) in [6.07, 6.45) is 0. The molecule has 0 fully saturated rings. The number of rotatable bonds is 4. The summed E-state index contributed by atoms with van der Waals surface area (Å²) in [7, 11) is 2.08. The van der Waals surface area contributed by atoms with Crippen molar-refractivity contribution in [3.63, 3.8) is 0 Å². The second-order valence-corrected chi connectivity index (χ2v) is 5.58. The minimum atomic E-state index is 0.782. The van der Waals surface area contributed by atoms with E-state index >= 15 is 0 Å². The van der Waals surface area contributed by atoms with Crippen LogP contribution in [-0.2, 0) is 13.1 Å². The molecule has 2 rings (SSSR count). The zero-order valence-corrected chi connectivity index (χ0v) is 12.0. The zero-order valence-electron chi connectivity index (χ0n) is 9.56. The Morgan fingerprint density at radius 3 is 2.88 bits per heavy atom. The fourth-order valence-electron chi connectivity index (χ4n) is 1.65. The van der Waals surface area contributed by atoms with Gasteiger partial charge in [0.15, 0.2) is 0 Å². The van der Waals surface area contributed by atoms with E-state index in [4.69, 9.17) is 5.73 Å². The van der Waals surface area contributed by atoms with Gasteiger partial charge in [0, 0.05) is 28.6 Å². The minimum absolute atomic E-state index is 0.782. The molecule has 2 aromatic rings. The number of benzene rings is 1. The zero-order chi connectivity index (χ0) is 12.3. The van der Waals surface area contributed by atoms with E-state index in [-0.39, 0.29) is 0 Å². The van der Waals surface area contributed by atoms with Gasteiger partial charge in [0.05, 0.1) is 11.2 Å². The van der Waals surface area contributed by atoms with Crippen molar-refractivity contribution in [2.45, 2.75) is 13.1 Å². The molecular weight excluding hydrogens is 298 g/mol. The summed E-state index contributed by atoms with van der Waals surface area (Å²) >= 11 is 5.03. The molecule has 0 radical (unpaired) electrons. The molecule has 0 unspecified atom stereocenters. The highest BCUT2D eigenvalue weighted by Gasteiger charge is 2.04. The maximum atomic E-state index is 5.86. The van der Waals surface area contributed by atoms with Crippen LogP contribution in [0.25, 0.3) is 0 Å². The Kier molecular flexibility index (Phi) is 4.15. The summed E-state index contributed by atoms with van der Waals surface area (Å²) < 4.78 is 0.948. The first-order chi connectivity index (χ1) is 8.15. The van der Waals surface area contributed by atoms with Gasteiger partial charge in [-0.1, -0.05) is 6.07 Å². The van der Waals surface area contributed by atoms with Crippen LogP contribution in [0.5, 0.6) is 0 Å². The molecule has 0 bridgehead atoms. The molecule has 5 heteroatoms. The van der Waals surface area contributed by atoms with Crippen LogP contribution in [0.3, 0.4) is 0 Å². The standard InChI is InChI=1S/C12H14BrN3S/c1-16(6-10-7-17-8-15-10)5-9-2-3-11(13)12(14)4-9/h2-4,7-8H,5-6,14H2,1H3. The number of halogens is 1. The molecule has 0 saturated heterocycles. The van der Waals surface area contributed by atoms with Crippen molar-refractivity contribution in [1.82, 2.24) is 9.88 Å². The lowest BCUT2D eigenvalue weighted by molar-refractivity contribution is 0.316. The molecule has 0 aliphatic rings. The van der Waals surface area contributed by atoms with Crippen LogP contribution in [0.15, 0.2) is 33.6 Å². The Bertz CT molecular complexity index is 485. The fourth-order valence-corrected chi connectivity index (χ4v) is 2.45. The number of nitrogens with zero attached hydrogens (tertiary/aromatic N) is 2. The highest BCUT2D eigenvalue weighted by Crippen LogP contribution is 2.21. The van der Waals surface area contributed by atoms with Gasteiger partial charge in [0.1, 0.15) is 0 Å². The van der Waals surface area contributed by atoms with Crippen LogP contribution < -0.4 is 5.73 Å². The van der Waals surface area contributed by atoms with Crippen molar-refractivity contribution in [2.24, 2.45) is 0 Å². The monoisotopic (exact) mass is 311 g/mol. The molecule has 0 aliphatic carbocycles.